The van der Waals surface area contributed by atoms with E-state index in [1.807, 2.05) is 182 Å². The topological polar surface area (TPSA) is 272 Å². The average Bonchev–Trinajstić information content (AvgIpc) is 3.60. The van der Waals surface area contributed by atoms with Crippen LogP contribution in [0.15, 0.2) is 182 Å². The standard InChI is InChI=1S/C61H66N6O11S/c1-40(63-55(73)47(62)37-53(71)78-59(2,3)4)54(72)65-49(38-51(68)67-60(41-23-11-5-12-24-41,42-25-13-6-14-26-42)43-27-15-7-16-28-43)56(74)66-50(57(75)64-48(58(76)77)35-36-52(69)70)39-79-61(44-29-17-8-18-30-44,45-31-19-9-20-32-45)46-33-21-10-22-34-46/h5-34,40,47-50H,35-39,62H2,1-4H3,(H,63,73)(H,64,75)(H,65,72)(H,66,74)(H,67,68)(H,69,70)(H,76,77)/t40-,47-,48-,49-,50-/m0/s1. The summed E-state index contributed by atoms with van der Waals surface area (Å²) in [5.74, 6) is -8.52. The van der Waals surface area contributed by atoms with Crippen LogP contribution < -0.4 is 32.3 Å². The SMILES string of the molecule is C[C@H](NC(=O)[C@@H](N)CC(=O)OC(C)(C)C)C(=O)N[C@@H](CC(=O)NC(c1ccccc1)(c1ccccc1)c1ccccc1)C(=O)N[C@@H](CSC(c1ccccc1)(c1ccccc1)c1ccccc1)C(=O)N[C@@H](CCC(=O)O)C(=O)O. The van der Waals surface area contributed by atoms with E-state index in [1.165, 1.54) is 18.7 Å². The number of nitrogens with two attached hydrogens (primary N) is 1. The molecule has 0 saturated carbocycles. The zero-order valence-corrected chi connectivity index (χ0v) is 45.1. The van der Waals surface area contributed by atoms with E-state index in [-0.39, 0.29) is 5.75 Å². The van der Waals surface area contributed by atoms with Crippen LogP contribution in [-0.4, -0.2) is 99.2 Å². The highest BCUT2D eigenvalue weighted by Gasteiger charge is 2.42. The third kappa shape index (κ3) is 16.0. The third-order valence-corrected chi connectivity index (χ3v) is 14.4. The van der Waals surface area contributed by atoms with Crippen molar-refractivity contribution < 1.29 is 53.3 Å². The lowest BCUT2D eigenvalue weighted by Crippen LogP contribution is -2.60. The highest BCUT2D eigenvalue weighted by atomic mass is 32.2. The molecule has 0 aliphatic carbocycles. The Balaban J connectivity index is 1.42. The molecule has 0 spiro atoms. The predicted octanol–water partition coefficient (Wildman–Crippen LogP) is 6.18. The first kappa shape index (κ1) is 59.6. The summed E-state index contributed by atoms with van der Waals surface area (Å²) in [6, 6.07) is 47.7. The molecule has 6 aromatic carbocycles. The van der Waals surface area contributed by atoms with Crippen LogP contribution in [0.3, 0.4) is 0 Å². The van der Waals surface area contributed by atoms with Gasteiger partial charge in [0.1, 0.15) is 35.3 Å². The van der Waals surface area contributed by atoms with Crippen molar-refractivity contribution in [1.29, 1.82) is 0 Å². The number of thioether (sulfide) groups is 1. The summed E-state index contributed by atoms with van der Waals surface area (Å²) in [5, 5.41) is 33.1. The van der Waals surface area contributed by atoms with Gasteiger partial charge in [-0.3, -0.25) is 33.6 Å². The molecule has 0 fully saturated rings. The highest BCUT2D eigenvalue weighted by molar-refractivity contribution is 8.00. The van der Waals surface area contributed by atoms with Crippen molar-refractivity contribution in [3.63, 3.8) is 0 Å². The number of carbonyl (C=O) groups excluding carboxylic acids is 6. The van der Waals surface area contributed by atoms with E-state index in [4.69, 9.17) is 10.5 Å². The van der Waals surface area contributed by atoms with E-state index in [9.17, 15) is 39.0 Å². The monoisotopic (exact) mass is 1090 g/mol. The molecule has 0 bridgehead atoms. The zero-order valence-electron chi connectivity index (χ0n) is 44.3. The molecular weight excluding hydrogens is 1020 g/mol. The van der Waals surface area contributed by atoms with Crippen molar-refractivity contribution in [2.24, 2.45) is 5.73 Å². The fourth-order valence-corrected chi connectivity index (χ4v) is 10.6. The van der Waals surface area contributed by atoms with Crippen LogP contribution in [-0.2, 0) is 53.4 Å². The van der Waals surface area contributed by atoms with E-state index in [0.717, 1.165) is 16.7 Å². The molecule has 0 saturated heterocycles. The molecule has 0 unspecified atom stereocenters. The average molecular weight is 1090 g/mol. The summed E-state index contributed by atoms with van der Waals surface area (Å²) in [4.78, 5) is 109. The number of carbonyl (C=O) groups is 8. The number of amides is 5. The smallest absolute Gasteiger partial charge is 0.326 e. The van der Waals surface area contributed by atoms with Gasteiger partial charge in [0.05, 0.1) is 23.6 Å². The molecule has 0 aliphatic heterocycles. The number of rotatable bonds is 26. The first-order valence-electron chi connectivity index (χ1n) is 25.6. The minimum atomic E-state index is -1.80. The second-order valence-electron chi connectivity index (χ2n) is 19.8. The Labute approximate surface area is 463 Å². The number of nitrogens with one attached hydrogen (secondary N) is 5. The summed E-state index contributed by atoms with van der Waals surface area (Å²) in [6.07, 6.45) is -2.38. The number of hydrogen-bond donors (Lipinski definition) is 8. The maximum absolute atomic E-state index is 15.2. The molecule has 79 heavy (non-hydrogen) atoms. The Hall–Kier alpha value is -8.61. The number of hydrogen-bond acceptors (Lipinski definition) is 11. The van der Waals surface area contributed by atoms with E-state index >= 15 is 9.59 Å². The highest BCUT2D eigenvalue weighted by Crippen LogP contribution is 2.48. The van der Waals surface area contributed by atoms with Crippen molar-refractivity contribution in [3.8, 4) is 0 Å². The summed E-state index contributed by atoms with van der Waals surface area (Å²) in [7, 11) is 0. The molecule has 0 aliphatic rings. The molecule has 17 nitrogen and oxygen atoms in total. The third-order valence-electron chi connectivity index (χ3n) is 12.8. The summed E-state index contributed by atoms with van der Waals surface area (Å²) in [6.45, 7) is 6.25. The van der Waals surface area contributed by atoms with Crippen molar-refractivity contribution in [2.45, 2.75) is 99.5 Å². The van der Waals surface area contributed by atoms with Crippen LogP contribution in [0.1, 0.15) is 86.8 Å². The molecule has 5 amide bonds. The van der Waals surface area contributed by atoms with Gasteiger partial charge < -0.3 is 47.3 Å². The number of esters is 1. The summed E-state index contributed by atoms with van der Waals surface area (Å²) < 4.78 is 4.23. The normalized spacial score (nSPS) is 13.4. The maximum atomic E-state index is 15.2. The molecular formula is C61H66N6O11S. The number of aliphatic carboxylic acids is 2. The van der Waals surface area contributed by atoms with Gasteiger partial charge >= 0.3 is 17.9 Å². The largest absolute Gasteiger partial charge is 0.481 e. The van der Waals surface area contributed by atoms with Gasteiger partial charge in [-0.2, -0.15) is 0 Å². The number of carboxylic acid groups (broad SMARTS) is 2. The molecule has 0 radical (unpaired) electrons. The van der Waals surface area contributed by atoms with Crippen molar-refractivity contribution >= 4 is 59.2 Å². The Morgan fingerprint density at radius 3 is 1.28 bits per heavy atom. The van der Waals surface area contributed by atoms with Gasteiger partial charge in [0.2, 0.25) is 29.5 Å². The van der Waals surface area contributed by atoms with Crippen LogP contribution in [0.5, 0.6) is 0 Å². The lowest BCUT2D eigenvalue weighted by atomic mass is 9.77. The number of benzene rings is 6. The fourth-order valence-electron chi connectivity index (χ4n) is 9.00. The van der Waals surface area contributed by atoms with Crippen molar-refractivity contribution in [1.82, 2.24) is 26.6 Å². The number of carboxylic acids is 2. The van der Waals surface area contributed by atoms with E-state index in [1.54, 1.807) is 20.8 Å². The molecule has 6 rings (SSSR count). The van der Waals surface area contributed by atoms with E-state index in [0.29, 0.717) is 16.7 Å². The lowest BCUT2D eigenvalue weighted by Gasteiger charge is -2.37. The van der Waals surface area contributed by atoms with Gasteiger partial charge in [0, 0.05) is 12.2 Å². The Morgan fingerprint density at radius 1 is 0.506 bits per heavy atom. The van der Waals surface area contributed by atoms with Crippen LogP contribution >= 0.6 is 11.8 Å². The fraction of sp³-hybridized carbons (Fsp3) is 0.279. The first-order chi connectivity index (χ1) is 37.7. The molecule has 18 heteroatoms. The molecule has 9 N–H and O–H groups in total. The second-order valence-corrected chi connectivity index (χ2v) is 21.0. The van der Waals surface area contributed by atoms with E-state index in [2.05, 4.69) is 26.6 Å². The van der Waals surface area contributed by atoms with Gasteiger partial charge in [0.15, 0.2) is 0 Å². The molecule has 0 heterocycles. The summed E-state index contributed by atoms with van der Waals surface area (Å²) in [5.41, 5.74) is 8.13. The van der Waals surface area contributed by atoms with Gasteiger partial charge in [-0.05, 0) is 67.5 Å². The zero-order chi connectivity index (χ0) is 57.2. The van der Waals surface area contributed by atoms with Crippen LogP contribution in [0.25, 0.3) is 0 Å². The van der Waals surface area contributed by atoms with Gasteiger partial charge in [0.25, 0.3) is 0 Å². The van der Waals surface area contributed by atoms with Crippen LogP contribution in [0.4, 0.5) is 0 Å². The minimum absolute atomic E-state index is 0.268. The Kier molecular flexibility index (Phi) is 20.9. The van der Waals surface area contributed by atoms with Crippen molar-refractivity contribution in [3.05, 3.63) is 215 Å². The Bertz CT molecular complexity index is 2830. The lowest BCUT2D eigenvalue weighted by molar-refractivity contribution is -0.156. The van der Waals surface area contributed by atoms with Crippen LogP contribution in [0, 0.1) is 0 Å². The minimum Gasteiger partial charge on any atom is -0.481 e. The van der Waals surface area contributed by atoms with Crippen LogP contribution in [0.2, 0.25) is 0 Å². The van der Waals surface area contributed by atoms with Crippen molar-refractivity contribution in [2.75, 3.05) is 5.75 Å². The van der Waals surface area contributed by atoms with Gasteiger partial charge in [-0.1, -0.05) is 182 Å². The van der Waals surface area contributed by atoms with E-state index < -0.39 is 119 Å². The van der Waals surface area contributed by atoms with Gasteiger partial charge in [-0.25, -0.2) is 4.79 Å². The first-order valence-corrected chi connectivity index (χ1v) is 26.6. The molecule has 5 atom stereocenters. The molecule has 6 aromatic rings. The molecule has 0 aromatic heterocycles. The Morgan fingerprint density at radius 2 is 0.886 bits per heavy atom. The quantitative estimate of drug-likeness (QED) is 0.0223. The summed E-state index contributed by atoms with van der Waals surface area (Å²) >= 11 is 1.25. The number of ether oxygens (including phenoxy) is 1. The maximum Gasteiger partial charge on any atom is 0.326 e. The predicted molar refractivity (Wildman–Crippen MR) is 300 cm³/mol. The van der Waals surface area contributed by atoms with Gasteiger partial charge in [-0.15, -0.1) is 11.8 Å². The molecule has 412 valence electrons. The second kappa shape index (κ2) is 27.6.